The van der Waals surface area contributed by atoms with Crippen molar-refractivity contribution in [3.63, 3.8) is 0 Å². The Hall–Kier alpha value is -2.90. The van der Waals surface area contributed by atoms with Crippen LogP contribution in [-0.2, 0) is 46.4 Å². The molecule has 50 heavy (non-hydrogen) atoms. The molecule has 0 fully saturated rings. The minimum absolute atomic E-state index is 0.00295. The molecule has 0 aliphatic carbocycles. The van der Waals surface area contributed by atoms with Crippen molar-refractivity contribution >= 4 is 23.6 Å². The van der Waals surface area contributed by atoms with Gasteiger partial charge in [0.15, 0.2) is 5.78 Å². The van der Waals surface area contributed by atoms with Crippen LogP contribution in [0.15, 0.2) is 18.2 Å². The van der Waals surface area contributed by atoms with Crippen molar-refractivity contribution < 1.29 is 43.2 Å². The van der Waals surface area contributed by atoms with E-state index in [0.29, 0.717) is 83.0 Å². The Morgan fingerprint density at radius 2 is 1.50 bits per heavy atom. The highest BCUT2D eigenvalue weighted by atomic mass is 16.5. The van der Waals surface area contributed by atoms with Gasteiger partial charge in [-0.25, -0.2) is 0 Å². The molecule has 12 nitrogen and oxygen atoms in total. The third-order valence-electron chi connectivity index (χ3n) is 8.70. The van der Waals surface area contributed by atoms with E-state index in [-0.39, 0.29) is 55.4 Å². The van der Waals surface area contributed by atoms with Gasteiger partial charge in [0.2, 0.25) is 11.8 Å². The molecular weight excluding hydrogens is 642 g/mol. The van der Waals surface area contributed by atoms with Crippen LogP contribution >= 0.6 is 0 Å². The van der Waals surface area contributed by atoms with E-state index in [2.05, 4.69) is 36.7 Å². The van der Waals surface area contributed by atoms with Crippen molar-refractivity contribution in [2.45, 2.75) is 124 Å². The molecule has 2 amide bonds. The van der Waals surface area contributed by atoms with Crippen LogP contribution in [0.1, 0.15) is 110 Å². The number of benzene rings is 1. The highest BCUT2D eigenvalue weighted by molar-refractivity contribution is 5.93. The van der Waals surface area contributed by atoms with Gasteiger partial charge in [-0.3, -0.25) is 19.2 Å². The average molecular weight is 708 g/mol. The summed E-state index contributed by atoms with van der Waals surface area (Å²) in [6, 6.07) is 4.76. The summed E-state index contributed by atoms with van der Waals surface area (Å²) in [7, 11) is 1.61. The minimum atomic E-state index is -0.654. The number of aliphatic hydroxyl groups excluding tert-OH is 1. The first kappa shape index (κ1) is 45.1. The fraction of sp³-hybridized carbons (Fsp3) is 0.737. The molecule has 1 aromatic carbocycles. The van der Waals surface area contributed by atoms with Crippen molar-refractivity contribution in [3.8, 4) is 5.75 Å². The van der Waals surface area contributed by atoms with Crippen molar-refractivity contribution in [3.05, 3.63) is 29.3 Å². The van der Waals surface area contributed by atoms with Gasteiger partial charge < -0.3 is 40.0 Å². The number of amides is 2. The molecule has 0 bridgehead atoms. The fourth-order valence-corrected chi connectivity index (χ4v) is 5.13. The predicted molar refractivity (Wildman–Crippen MR) is 194 cm³/mol. The van der Waals surface area contributed by atoms with E-state index in [0.717, 1.165) is 18.5 Å². The number of carbonyl (C=O) groups is 4. The van der Waals surface area contributed by atoms with Gasteiger partial charge in [-0.15, -0.1) is 0 Å². The monoisotopic (exact) mass is 707 g/mol. The number of unbranched alkanes of at least 4 members (excludes halogenated alkanes) is 1. The molecule has 1 aromatic rings. The van der Waals surface area contributed by atoms with Gasteiger partial charge >= 0.3 is 5.97 Å². The Morgan fingerprint density at radius 1 is 0.820 bits per heavy atom. The highest BCUT2D eigenvalue weighted by Gasteiger charge is 2.35. The second kappa shape index (κ2) is 25.1. The Kier molecular flexibility index (Phi) is 22.7. The topological polar surface area (TPSA) is 162 Å². The molecule has 1 atom stereocenters. The lowest BCUT2D eigenvalue weighted by atomic mass is 9.76. The number of esters is 1. The summed E-state index contributed by atoms with van der Waals surface area (Å²) in [4.78, 5) is 51.2. The quantitative estimate of drug-likeness (QED) is 0.0558. The van der Waals surface area contributed by atoms with Crippen LogP contribution in [0.5, 0.6) is 5.75 Å². The third kappa shape index (κ3) is 19.5. The normalized spacial score (nSPS) is 12.4. The molecule has 0 aromatic heterocycles. The van der Waals surface area contributed by atoms with E-state index in [1.54, 1.807) is 13.2 Å². The lowest BCUT2D eigenvalue weighted by molar-refractivity contribution is -0.135. The molecular formula is C38H65N3O9. The van der Waals surface area contributed by atoms with E-state index in [9.17, 15) is 24.3 Å². The van der Waals surface area contributed by atoms with Gasteiger partial charge in [0.1, 0.15) is 5.75 Å². The molecule has 0 heterocycles. The second-order valence-electron chi connectivity index (χ2n) is 13.9. The number of rotatable bonds is 28. The van der Waals surface area contributed by atoms with Gasteiger partial charge in [-0.05, 0) is 90.0 Å². The van der Waals surface area contributed by atoms with Crippen LogP contribution < -0.4 is 20.7 Å². The smallest absolute Gasteiger partial charge is 0.311 e. The van der Waals surface area contributed by atoms with Crippen LogP contribution in [0.4, 0.5) is 0 Å². The van der Waals surface area contributed by atoms with Crippen LogP contribution in [0, 0.1) is 5.41 Å². The average Bonchev–Trinajstić information content (AvgIpc) is 3.08. The Labute approximate surface area is 300 Å². The first-order valence-corrected chi connectivity index (χ1v) is 18.2. The van der Waals surface area contributed by atoms with Gasteiger partial charge in [-0.1, -0.05) is 26.8 Å². The molecule has 0 spiro atoms. The number of ether oxygens (including phenoxy) is 4. The van der Waals surface area contributed by atoms with Crippen LogP contribution in [0.25, 0.3) is 0 Å². The van der Waals surface area contributed by atoms with E-state index in [1.807, 2.05) is 32.9 Å². The molecule has 286 valence electrons. The Morgan fingerprint density at radius 3 is 2.14 bits per heavy atom. The van der Waals surface area contributed by atoms with Gasteiger partial charge in [0.25, 0.3) is 0 Å². The van der Waals surface area contributed by atoms with Crippen molar-refractivity contribution in [1.29, 1.82) is 0 Å². The largest absolute Gasteiger partial charge is 0.426 e. The van der Waals surface area contributed by atoms with Crippen molar-refractivity contribution in [2.24, 2.45) is 5.41 Å². The van der Waals surface area contributed by atoms with Crippen LogP contribution in [-0.4, -0.2) is 93.5 Å². The SMILES string of the molecule is CCC(C)(CC)C(=O)C(CCCCNC(=O)CCOCCOCCOC)NC(=O)CCCC(=O)Oc1ccc(CCNC(C)(C)C)cc1CO. The molecule has 0 saturated heterocycles. The van der Waals surface area contributed by atoms with E-state index >= 15 is 0 Å². The molecule has 0 saturated carbocycles. The van der Waals surface area contributed by atoms with E-state index in [4.69, 9.17) is 18.9 Å². The summed E-state index contributed by atoms with van der Waals surface area (Å²) in [6.45, 7) is 15.3. The van der Waals surface area contributed by atoms with Crippen LogP contribution in [0.2, 0.25) is 0 Å². The minimum Gasteiger partial charge on any atom is -0.426 e. The lowest BCUT2D eigenvalue weighted by Gasteiger charge is -2.30. The molecule has 1 unspecified atom stereocenters. The standard InChI is InChI=1S/C38H65N3O9/c1-8-38(6,9-2)36(46)31(13-10-11-20-39-33(43)19-22-48-25-26-49-24-23-47-7)41-34(44)14-12-15-35(45)50-32-17-16-29(27-30(32)28-42)18-21-40-37(3,4)5/h16-17,27,31,40,42H,8-15,18-26,28H2,1-7H3,(H,39,43)(H,41,44). The number of aliphatic hydroxyl groups is 1. The van der Waals surface area contributed by atoms with E-state index < -0.39 is 17.4 Å². The molecule has 0 radical (unpaired) electrons. The molecule has 12 heteroatoms. The third-order valence-corrected chi connectivity index (χ3v) is 8.70. The molecule has 4 N–H and O–H groups in total. The highest BCUT2D eigenvalue weighted by Crippen LogP contribution is 2.29. The number of ketones is 1. The maximum absolute atomic E-state index is 13.5. The predicted octanol–water partition coefficient (Wildman–Crippen LogP) is 4.42. The van der Waals surface area contributed by atoms with Gasteiger partial charge in [-0.2, -0.15) is 0 Å². The summed E-state index contributed by atoms with van der Waals surface area (Å²) in [5.41, 5.74) is 1.00. The summed E-state index contributed by atoms with van der Waals surface area (Å²) in [6.07, 6.45) is 4.42. The molecule has 0 aliphatic heterocycles. The van der Waals surface area contributed by atoms with Gasteiger partial charge in [0, 0.05) is 49.4 Å². The lowest BCUT2D eigenvalue weighted by Crippen LogP contribution is -2.47. The van der Waals surface area contributed by atoms with Crippen LogP contribution in [0.3, 0.4) is 0 Å². The molecule has 0 aliphatic rings. The maximum Gasteiger partial charge on any atom is 0.311 e. The zero-order valence-corrected chi connectivity index (χ0v) is 31.8. The number of carbonyl (C=O) groups excluding carboxylic acids is 4. The zero-order chi connectivity index (χ0) is 37.4. The maximum atomic E-state index is 13.5. The Balaban J connectivity index is 2.53. The summed E-state index contributed by atoms with van der Waals surface area (Å²) < 4.78 is 21.2. The first-order chi connectivity index (χ1) is 23.8. The molecule has 1 rings (SSSR count). The van der Waals surface area contributed by atoms with Crippen molar-refractivity contribution in [2.75, 3.05) is 53.2 Å². The van der Waals surface area contributed by atoms with Crippen molar-refractivity contribution in [1.82, 2.24) is 16.0 Å². The summed E-state index contributed by atoms with van der Waals surface area (Å²) in [5.74, 6) is -0.595. The first-order valence-electron chi connectivity index (χ1n) is 18.2. The van der Waals surface area contributed by atoms with Gasteiger partial charge in [0.05, 0.1) is 45.7 Å². The summed E-state index contributed by atoms with van der Waals surface area (Å²) in [5, 5.41) is 19.1. The Bertz CT molecular complexity index is 1150. The number of nitrogens with one attached hydrogen (secondary N) is 3. The number of Topliss-reactive ketones (excluding diaryl/α,β-unsaturated/α-hetero) is 1. The number of methoxy groups -OCH3 is 1. The number of hydrogen-bond acceptors (Lipinski definition) is 10. The van der Waals surface area contributed by atoms with E-state index in [1.165, 1.54) is 0 Å². The zero-order valence-electron chi connectivity index (χ0n) is 31.8. The second-order valence-corrected chi connectivity index (χ2v) is 13.9. The fourth-order valence-electron chi connectivity index (χ4n) is 5.13. The number of hydrogen-bond donors (Lipinski definition) is 4. The summed E-state index contributed by atoms with van der Waals surface area (Å²) >= 11 is 0.